The molecule has 2 heterocycles. The zero-order valence-electron chi connectivity index (χ0n) is 15.1. The lowest BCUT2D eigenvalue weighted by Crippen LogP contribution is -2.28. The first kappa shape index (κ1) is 17.7. The lowest BCUT2D eigenvalue weighted by Gasteiger charge is -2.11. The zero-order chi connectivity index (χ0) is 19.3. The van der Waals surface area contributed by atoms with E-state index in [4.69, 9.17) is 4.84 Å². The molecule has 1 aliphatic rings. The standard InChI is InChI=1S/C23H19N3O2/c1-16(17-6-3-2-4-7-17)18-9-11-20(12-10-18)25-23(27)22-14-21(26-28-22)19-8-5-13-24-15-19/h2-15,22,26H,1H2,(H,25,27). The molecule has 0 fully saturated rings. The van der Waals surface area contributed by atoms with E-state index in [0.29, 0.717) is 5.69 Å². The van der Waals surface area contributed by atoms with Gasteiger partial charge < -0.3 is 5.32 Å². The van der Waals surface area contributed by atoms with Crippen molar-refractivity contribution in [2.45, 2.75) is 6.10 Å². The number of hydroxylamine groups is 1. The lowest BCUT2D eigenvalue weighted by molar-refractivity contribution is -0.125. The third-order valence-corrected chi connectivity index (χ3v) is 4.47. The molecule has 0 aliphatic carbocycles. The summed E-state index contributed by atoms with van der Waals surface area (Å²) in [6.07, 6.45) is 4.42. The van der Waals surface area contributed by atoms with Crippen molar-refractivity contribution in [1.82, 2.24) is 10.5 Å². The van der Waals surface area contributed by atoms with Crippen LogP contribution in [0.4, 0.5) is 5.69 Å². The van der Waals surface area contributed by atoms with Gasteiger partial charge in [0.2, 0.25) is 0 Å². The molecule has 4 rings (SSSR count). The quantitative estimate of drug-likeness (QED) is 0.713. The highest BCUT2D eigenvalue weighted by Crippen LogP contribution is 2.23. The number of nitrogens with zero attached hydrogens (tertiary/aromatic N) is 1. The highest BCUT2D eigenvalue weighted by molar-refractivity contribution is 5.97. The van der Waals surface area contributed by atoms with Crippen molar-refractivity contribution in [3.63, 3.8) is 0 Å². The molecular formula is C23H19N3O2. The summed E-state index contributed by atoms with van der Waals surface area (Å²) in [4.78, 5) is 21.9. The number of benzene rings is 2. The van der Waals surface area contributed by atoms with Gasteiger partial charge in [0, 0.05) is 23.6 Å². The van der Waals surface area contributed by atoms with E-state index in [-0.39, 0.29) is 5.91 Å². The van der Waals surface area contributed by atoms with Gasteiger partial charge in [0.15, 0.2) is 6.10 Å². The first-order valence-corrected chi connectivity index (χ1v) is 8.90. The van der Waals surface area contributed by atoms with E-state index in [9.17, 15) is 4.79 Å². The summed E-state index contributed by atoms with van der Waals surface area (Å²) >= 11 is 0. The van der Waals surface area contributed by atoms with Crippen molar-refractivity contribution in [3.05, 3.63) is 108 Å². The monoisotopic (exact) mass is 369 g/mol. The molecule has 3 aromatic rings. The minimum atomic E-state index is -0.714. The smallest absolute Gasteiger partial charge is 0.260 e. The molecule has 1 unspecified atom stereocenters. The van der Waals surface area contributed by atoms with Crippen molar-refractivity contribution >= 4 is 22.9 Å². The molecule has 0 spiro atoms. The lowest BCUT2D eigenvalue weighted by atomic mass is 9.99. The number of hydrogen-bond donors (Lipinski definition) is 2. The van der Waals surface area contributed by atoms with Crippen LogP contribution in [0, 0.1) is 0 Å². The molecule has 138 valence electrons. The fraction of sp³-hybridized carbons (Fsp3) is 0.0435. The molecule has 1 aromatic heterocycles. The van der Waals surface area contributed by atoms with Gasteiger partial charge in [-0.3, -0.25) is 20.1 Å². The maximum atomic E-state index is 12.5. The van der Waals surface area contributed by atoms with E-state index in [2.05, 4.69) is 22.4 Å². The van der Waals surface area contributed by atoms with Crippen LogP contribution in [0.2, 0.25) is 0 Å². The van der Waals surface area contributed by atoms with E-state index >= 15 is 0 Å². The first-order valence-electron chi connectivity index (χ1n) is 8.90. The maximum Gasteiger partial charge on any atom is 0.260 e. The van der Waals surface area contributed by atoms with E-state index < -0.39 is 6.10 Å². The zero-order valence-corrected chi connectivity index (χ0v) is 15.1. The molecule has 0 radical (unpaired) electrons. The predicted molar refractivity (Wildman–Crippen MR) is 110 cm³/mol. The highest BCUT2D eigenvalue weighted by Gasteiger charge is 2.24. The number of nitrogens with one attached hydrogen (secondary N) is 2. The van der Waals surface area contributed by atoms with Gasteiger partial charge in [-0.1, -0.05) is 49.0 Å². The summed E-state index contributed by atoms with van der Waals surface area (Å²) in [6, 6.07) is 21.3. The minimum absolute atomic E-state index is 0.249. The minimum Gasteiger partial charge on any atom is -0.323 e. The average molecular weight is 369 g/mol. The Hall–Kier alpha value is -3.70. The molecule has 5 nitrogen and oxygen atoms in total. The van der Waals surface area contributed by atoms with Gasteiger partial charge in [0.05, 0.1) is 5.70 Å². The van der Waals surface area contributed by atoms with Crippen LogP contribution in [0.3, 0.4) is 0 Å². The van der Waals surface area contributed by atoms with Gasteiger partial charge in [-0.05, 0) is 47.0 Å². The Balaban J connectivity index is 1.41. The second-order valence-corrected chi connectivity index (χ2v) is 6.37. The molecule has 1 amide bonds. The Morgan fingerprint density at radius 2 is 1.75 bits per heavy atom. The average Bonchev–Trinajstić information content (AvgIpc) is 3.26. The molecule has 28 heavy (non-hydrogen) atoms. The van der Waals surface area contributed by atoms with Crippen molar-refractivity contribution in [2.75, 3.05) is 5.32 Å². The maximum absolute atomic E-state index is 12.5. The predicted octanol–water partition coefficient (Wildman–Crippen LogP) is 4.03. The van der Waals surface area contributed by atoms with Gasteiger partial charge in [0.1, 0.15) is 0 Å². The molecule has 2 aromatic carbocycles. The Bertz CT molecular complexity index is 1010. The number of anilines is 1. The Kier molecular flexibility index (Phi) is 4.99. The number of carbonyl (C=O) groups excluding carboxylic acids is 1. The molecule has 1 atom stereocenters. The van der Waals surface area contributed by atoms with Crippen LogP contribution in [0.15, 0.2) is 91.8 Å². The van der Waals surface area contributed by atoms with Crippen molar-refractivity contribution in [2.24, 2.45) is 0 Å². The van der Waals surface area contributed by atoms with Gasteiger partial charge in [-0.2, -0.15) is 0 Å². The second-order valence-electron chi connectivity index (χ2n) is 6.37. The molecule has 0 saturated heterocycles. The SMILES string of the molecule is C=C(c1ccccc1)c1ccc(NC(=O)C2C=C(c3cccnc3)NO2)cc1. The van der Waals surface area contributed by atoms with Crippen LogP contribution in [-0.2, 0) is 9.63 Å². The molecule has 0 bridgehead atoms. The summed E-state index contributed by atoms with van der Waals surface area (Å²) in [6.45, 7) is 4.16. The number of rotatable bonds is 5. The molecule has 5 heteroatoms. The third kappa shape index (κ3) is 3.84. The van der Waals surface area contributed by atoms with E-state index in [0.717, 1.165) is 28.0 Å². The topological polar surface area (TPSA) is 63.2 Å². The Labute approximate surface area is 163 Å². The van der Waals surface area contributed by atoms with E-state index in [1.54, 1.807) is 18.5 Å². The largest absolute Gasteiger partial charge is 0.323 e. The van der Waals surface area contributed by atoms with Gasteiger partial charge in [-0.15, -0.1) is 0 Å². The van der Waals surface area contributed by atoms with Gasteiger partial charge in [-0.25, -0.2) is 0 Å². The highest BCUT2D eigenvalue weighted by atomic mass is 16.7. The molecule has 2 N–H and O–H groups in total. The summed E-state index contributed by atoms with van der Waals surface area (Å²) in [5, 5.41) is 2.87. The fourth-order valence-electron chi connectivity index (χ4n) is 2.93. The Morgan fingerprint density at radius 3 is 2.46 bits per heavy atom. The third-order valence-electron chi connectivity index (χ3n) is 4.47. The van der Waals surface area contributed by atoms with Crippen molar-refractivity contribution in [3.8, 4) is 0 Å². The van der Waals surface area contributed by atoms with Crippen LogP contribution >= 0.6 is 0 Å². The number of carbonyl (C=O) groups is 1. The van der Waals surface area contributed by atoms with Gasteiger partial charge >= 0.3 is 0 Å². The second kappa shape index (κ2) is 7.90. The van der Waals surface area contributed by atoms with E-state index in [1.807, 2.05) is 66.7 Å². The first-order chi connectivity index (χ1) is 13.7. The number of hydrogen-bond acceptors (Lipinski definition) is 4. The van der Waals surface area contributed by atoms with Crippen LogP contribution in [0.25, 0.3) is 11.3 Å². The van der Waals surface area contributed by atoms with Crippen LogP contribution in [-0.4, -0.2) is 17.0 Å². The summed E-state index contributed by atoms with van der Waals surface area (Å²) in [5.74, 6) is -0.249. The Morgan fingerprint density at radius 1 is 1.00 bits per heavy atom. The van der Waals surface area contributed by atoms with Gasteiger partial charge in [0.25, 0.3) is 5.91 Å². The molecule has 0 saturated carbocycles. The van der Waals surface area contributed by atoms with Crippen molar-refractivity contribution < 1.29 is 9.63 Å². The normalized spacial score (nSPS) is 15.4. The molecular weight excluding hydrogens is 350 g/mol. The summed E-state index contributed by atoms with van der Waals surface area (Å²) < 4.78 is 0. The van der Waals surface area contributed by atoms with Crippen LogP contribution in [0.1, 0.15) is 16.7 Å². The van der Waals surface area contributed by atoms with Crippen LogP contribution in [0.5, 0.6) is 0 Å². The summed E-state index contributed by atoms with van der Waals surface area (Å²) in [5.41, 5.74) is 8.07. The van der Waals surface area contributed by atoms with Crippen LogP contribution < -0.4 is 10.8 Å². The fourth-order valence-corrected chi connectivity index (χ4v) is 2.93. The van der Waals surface area contributed by atoms with Crippen molar-refractivity contribution in [1.29, 1.82) is 0 Å². The molecule has 1 aliphatic heterocycles. The number of aromatic nitrogens is 1. The number of pyridine rings is 1. The van der Waals surface area contributed by atoms with E-state index in [1.165, 1.54) is 0 Å². The number of amides is 1. The summed E-state index contributed by atoms with van der Waals surface area (Å²) in [7, 11) is 0.